The summed E-state index contributed by atoms with van der Waals surface area (Å²) in [4.78, 5) is 12.5. The van der Waals surface area contributed by atoms with Crippen LogP contribution in [-0.2, 0) is 0 Å². The lowest BCUT2D eigenvalue weighted by Gasteiger charge is -2.27. The third kappa shape index (κ3) is 2.38. The lowest BCUT2D eigenvalue weighted by molar-refractivity contribution is 0.212. The highest BCUT2D eigenvalue weighted by Gasteiger charge is 2.17. The highest BCUT2D eigenvalue weighted by Crippen LogP contribution is 1.99. The average Bonchev–Trinajstić information content (AvgIpc) is 1.83. The Kier molecular flexibility index (Phi) is 2.70. The number of nitrogens with one attached hydrogen (secondary N) is 2. The maximum atomic E-state index is 11.0. The molecule has 1 aliphatic heterocycles. The van der Waals surface area contributed by atoms with Gasteiger partial charge in [-0.1, -0.05) is 0 Å². The molecule has 0 aromatic rings. The van der Waals surface area contributed by atoms with Crippen molar-refractivity contribution in [3.05, 3.63) is 0 Å². The van der Waals surface area contributed by atoms with Gasteiger partial charge in [0.2, 0.25) is 0 Å². The van der Waals surface area contributed by atoms with Crippen molar-refractivity contribution in [3.8, 4) is 0 Å². The molecule has 0 aromatic carbocycles. The van der Waals surface area contributed by atoms with E-state index in [1.54, 1.807) is 19.0 Å². The fraction of sp³-hybridized carbons (Fsp3) is 0.857. The number of hydrogen-bond donors (Lipinski definition) is 2. The van der Waals surface area contributed by atoms with E-state index in [1.165, 1.54) is 0 Å². The van der Waals surface area contributed by atoms with E-state index in [9.17, 15) is 4.79 Å². The lowest BCUT2D eigenvalue weighted by atomic mass is 10.0. The molecule has 0 bridgehead atoms. The first-order valence-electron chi connectivity index (χ1n) is 3.86. The molecule has 0 radical (unpaired) electrons. The first-order chi connectivity index (χ1) is 5.20. The second-order valence-electron chi connectivity index (χ2n) is 3.10. The Balaban J connectivity index is 2.06. The Bertz CT molecular complexity index is 143. The van der Waals surface area contributed by atoms with E-state index in [1.807, 2.05) is 0 Å². The summed E-state index contributed by atoms with van der Waals surface area (Å²) in [5.74, 6) is 0.638. The van der Waals surface area contributed by atoms with Crippen molar-refractivity contribution in [3.63, 3.8) is 0 Å². The highest BCUT2D eigenvalue weighted by molar-refractivity contribution is 5.73. The molecule has 11 heavy (non-hydrogen) atoms. The van der Waals surface area contributed by atoms with Crippen molar-refractivity contribution in [2.45, 2.75) is 0 Å². The van der Waals surface area contributed by atoms with Crippen molar-refractivity contribution in [2.75, 3.05) is 33.7 Å². The van der Waals surface area contributed by atoms with E-state index in [4.69, 9.17) is 0 Å². The zero-order chi connectivity index (χ0) is 8.27. The molecule has 1 aliphatic rings. The van der Waals surface area contributed by atoms with Gasteiger partial charge in [-0.2, -0.15) is 0 Å². The van der Waals surface area contributed by atoms with Gasteiger partial charge in [-0.05, 0) is 0 Å². The van der Waals surface area contributed by atoms with Crippen molar-refractivity contribution < 1.29 is 4.79 Å². The quantitative estimate of drug-likeness (QED) is 0.566. The van der Waals surface area contributed by atoms with Gasteiger partial charge in [-0.3, -0.25) is 0 Å². The number of urea groups is 1. The molecule has 1 heterocycles. The smallest absolute Gasteiger partial charge is 0.316 e. The van der Waals surface area contributed by atoms with E-state index >= 15 is 0 Å². The first kappa shape index (κ1) is 8.33. The molecular weight excluding hydrogens is 142 g/mol. The monoisotopic (exact) mass is 157 g/mol. The molecule has 1 rings (SSSR count). The molecule has 4 heteroatoms. The minimum absolute atomic E-state index is 0.00287. The molecule has 1 fully saturated rings. The Morgan fingerprint density at radius 2 is 2.27 bits per heavy atom. The largest absolute Gasteiger partial charge is 0.338 e. The van der Waals surface area contributed by atoms with E-state index < -0.39 is 0 Å². The van der Waals surface area contributed by atoms with Crippen LogP contribution in [0.1, 0.15) is 0 Å². The maximum Gasteiger partial charge on any atom is 0.316 e. The molecule has 4 nitrogen and oxygen atoms in total. The summed E-state index contributed by atoms with van der Waals surface area (Å²) in [5, 5.41) is 5.98. The van der Waals surface area contributed by atoms with Crippen LogP contribution in [0.25, 0.3) is 0 Å². The Hall–Kier alpha value is -0.770. The predicted molar refractivity (Wildman–Crippen MR) is 43.4 cm³/mol. The normalized spacial score (nSPS) is 17.3. The van der Waals surface area contributed by atoms with Crippen LogP contribution in [-0.4, -0.2) is 44.7 Å². The number of carbonyl (C=O) groups excluding carboxylic acids is 1. The summed E-state index contributed by atoms with van der Waals surface area (Å²) in [6.07, 6.45) is 0. The predicted octanol–water partition coefficient (Wildman–Crippen LogP) is -0.523. The first-order valence-corrected chi connectivity index (χ1v) is 3.86. The fourth-order valence-corrected chi connectivity index (χ4v) is 0.883. The van der Waals surface area contributed by atoms with Crippen molar-refractivity contribution in [2.24, 2.45) is 5.92 Å². The molecule has 0 unspecified atom stereocenters. The lowest BCUT2D eigenvalue weighted by Crippen LogP contribution is -2.49. The van der Waals surface area contributed by atoms with Crippen LogP contribution in [0.3, 0.4) is 0 Å². The molecule has 0 atom stereocenters. The van der Waals surface area contributed by atoms with Gasteiger partial charge in [0.15, 0.2) is 0 Å². The van der Waals surface area contributed by atoms with Gasteiger partial charge in [0.1, 0.15) is 0 Å². The second-order valence-corrected chi connectivity index (χ2v) is 3.10. The second kappa shape index (κ2) is 3.57. The third-order valence-corrected chi connectivity index (χ3v) is 1.81. The van der Waals surface area contributed by atoms with Gasteiger partial charge in [0.25, 0.3) is 0 Å². The van der Waals surface area contributed by atoms with Crippen LogP contribution >= 0.6 is 0 Å². The summed E-state index contributed by atoms with van der Waals surface area (Å²) in [5.41, 5.74) is 0. The molecule has 0 aromatic heterocycles. The van der Waals surface area contributed by atoms with Crippen LogP contribution in [0.15, 0.2) is 0 Å². The van der Waals surface area contributed by atoms with E-state index in [0.29, 0.717) is 5.92 Å². The molecule has 1 saturated heterocycles. The minimum atomic E-state index is -0.00287. The van der Waals surface area contributed by atoms with Crippen molar-refractivity contribution in [1.82, 2.24) is 15.5 Å². The topological polar surface area (TPSA) is 44.4 Å². The van der Waals surface area contributed by atoms with Crippen LogP contribution in [0, 0.1) is 5.92 Å². The SMILES string of the molecule is CN(C)C(=O)NCC1CNC1. The van der Waals surface area contributed by atoms with E-state index in [0.717, 1.165) is 19.6 Å². The summed E-state index contributed by atoms with van der Waals surface area (Å²) >= 11 is 0. The van der Waals surface area contributed by atoms with E-state index in [2.05, 4.69) is 10.6 Å². The Labute approximate surface area is 66.9 Å². The van der Waals surface area contributed by atoms with Gasteiger partial charge in [0, 0.05) is 39.6 Å². The minimum Gasteiger partial charge on any atom is -0.338 e. The standard InChI is InChI=1S/C7H15N3O/c1-10(2)7(11)9-5-6-3-8-4-6/h6,8H,3-5H2,1-2H3,(H,9,11). The molecule has 0 spiro atoms. The van der Waals surface area contributed by atoms with Crippen LogP contribution in [0.4, 0.5) is 4.79 Å². The van der Waals surface area contributed by atoms with Crippen LogP contribution < -0.4 is 10.6 Å². The summed E-state index contributed by atoms with van der Waals surface area (Å²) < 4.78 is 0. The summed E-state index contributed by atoms with van der Waals surface area (Å²) in [6, 6.07) is -0.00287. The average molecular weight is 157 g/mol. The van der Waals surface area contributed by atoms with Gasteiger partial charge in [0.05, 0.1) is 0 Å². The molecular formula is C7H15N3O. The number of amides is 2. The summed E-state index contributed by atoms with van der Waals surface area (Å²) in [7, 11) is 3.49. The molecule has 0 aliphatic carbocycles. The zero-order valence-electron chi connectivity index (χ0n) is 7.05. The van der Waals surface area contributed by atoms with Crippen LogP contribution in [0.2, 0.25) is 0 Å². The Morgan fingerprint density at radius 1 is 1.64 bits per heavy atom. The van der Waals surface area contributed by atoms with Crippen molar-refractivity contribution >= 4 is 6.03 Å². The fourth-order valence-electron chi connectivity index (χ4n) is 0.883. The van der Waals surface area contributed by atoms with Gasteiger partial charge in [-0.15, -0.1) is 0 Å². The van der Waals surface area contributed by atoms with Crippen LogP contribution in [0.5, 0.6) is 0 Å². The molecule has 0 saturated carbocycles. The van der Waals surface area contributed by atoms with Gasteiger partial charge < -0.3 is 15.5 Å². The maximum absolute atomic E-state index is 11.0. The van der Waals surface area contributed by atoms with Crippen molar-refractivity contribution in [1.29, 1.82) is 0 Å². The molecule has 2 amide bonds. The molecule has 2 N–H and O–H groups in total. The summed E-state index contributed by atoms with van der Waals surface area (Å²) in [6.45, 7) is 2.87. The number of nitrogens with zero attached hydrogens (tertiary/aromatic N) is 1. The number of carbonyl (C=O) groups is 1. The Morgan fingerprint density at radius 3 is 2.64 bits per heavy atom. The van der Waals surface area contributed by atoms with E-state index in [-0.39, 0.29) is 6.03 Å². The number of hydrogen-bond acceptors (Lipinski definition) is 2. The van der Waals surface area contributed by atoms with Gasteiger partial charge >= 0.3 is 6.03 Å². The number of rotatable bonds is 2. The van der Waals surface area contributed by atoms with Gasteiger partial charge in [-0.25, -0.2) is 4.79 Å². The zero-order valence-corrected chi connectivity index (χ0v) is 7.05. The third-order valence-electron chi connectivity index (χ3n) is 1.81. The highest BCUT2D eigenvalue weighted by atomic mass is 16.2. The molecule has 64 valence electrons.